The van der Waals surface area contributed by atoms with Crippen LogP contribution in [-0.2, 0) is 16.0 Å². The highest BCUT2D eigenvalue weighted by molar-refractivity contribution is 6.31. The summed E-state index contributed by atoms with van der Waals surface area (Å²) in [5, 5.41) is 20.9. The number of fused-ring (bicyclic) bond motifs is 3. The molecular weight excluding hydrogens is 462 g/mol. The molecule has 1 heterocycles. The fraction of sp³-hybridized carbons (Fsp3) is 0.310. The summed E-state index contributed by atoms with van der Waals surface area (Å²) in [6.45, 7) is 7.95. The number of aliphatic carboxylic acids is 2. The smallest absolute Gasteiger partial charge is 0.310 e. The second-order valence-corrected chi connectivity index (χ2v) is 9.75. The Morgan fingerprint density at radius 1 is 0.829 bits per heavy atom. The summed E-state index contributed by atoms with van der Waals surface area (Å²) in [6.07, 6.45) is 1.68. The summed E-state index contributed by atoms with van der Waals surface area (Å²) in [7, 11) is 0. The van der Waals surface area contributed by atoms with Gasteiger partial charge in [-0.3, -0.25) is 9.59 Å². The molecule has 0 fully saturated rings. The van der Waals surface area contributed by atoms with Gasteiger partial charge in [-0.05, 0) is 66.6 Å². The SMILES string of the molecule is CC(C(=O)O)c1ccc2c(c1)[nH]c1ccc(Cl)cc12.CCC(C(=O)O)c1ccc(CC(C)C)cc1. The molecule has 0 radical (unpaired) electrons. The third-order valence-corrected chi connectivity index (χ3v) is 6.42. The van der Waals surface area contributed by atoms with E-state index in [2.05, 4.69) is 18.8 Å². The number of hydrogen-bond donors (Lipinski definition) is 3. The molecule has 5 nitrogen and oxygen atoms in total. The Morgan fingerprint density at radius 3 is 2.06 bits per heavy atom. The zero-order chi connectivity index (χ0) is 25.7. The molecule has 0 aliphatic rings. The van der Waals surface area contributed by atoms with Crippen LogP contribution in [0.4, 0.5) is 0 Å². The molecule has 1 aromatic heterocycles. The molecule has 0 aliphatic heterocycles. The van der Waals surface area contributed by atoms with E-state index in [0.717, 1.165) is 39.4 Å². The van der Waals surface area contributed by atoms with Crippen LogP contribution in [0.2, 0.25) is 5.02 Å². The first kappa shape index (κ1) is 26.3. The van der Waals surface area contributed by atoms with Gasteiger partial charge in [-0.15, -0.1) is 0 Å². The zero-order valence-corrected chi connectivity index (χ0v) is 21.3. The molecule has 0 saturated carbocycles. The molecule has 3 N–H and O–H groups in total. The lowest BCUT2D eigenvalue weighted by Gasteiger charge is -2.11. The molecule has 35 heavy (non-hydrogen) atoms. The largest absolute Gasteiger partial charge is 0.481 e. The van der Waals surface area contributed by atoms with Crippen molar-refractivity contribution in [3.05, 3.63) is 82.4 Å². The first-order valence-electron chi connectivity index (χ1n) is 11.9. The van der Waals surface area contributed by atoms with E-state index in [0.29, 0.717) is 17.4 Å². The van der Waals surface area contributed by atoms with E-state index < -0.39 is 17.9 Å². The monoisotopic (exact) mass is 493 g/mol. The number of carboxylic acids is 2. The van der Waals surface area contributed by atoms with E-state index in [1.165, 1.54) is 5.56 Å². The standard InChI is InChI=1S/C15H12ClNO2.C14H20O2/c1-8(15(18)19)9-2-4-11-12-7-10(16)3-5-13(12)17-14(11)6-9;1-4-13(14(15)16)12-7-5-11(6-8-12)9-10(2)3/h2-8,17H,1H3,(H,18,19);5-8,10,13H,4,9H2,1-3H3,(H,15,16). The van der Waals surface area contributed by atoms with Crippen LogP contribution in [0.15, 0.2) is 60.7 Å². The Labute approximate surface area is 210 Å². The molecule has 2 atom stereocenters. The van der Waals surface area contributed by atoms with Crippen LogP contribution < -0.4 is 0 Å². The number of carboxylic acid groups (broad SMARTS) is 2. The number of aromatic nitrogens is 1. The molecule has 0 spiro atoms. The Morgan fingerprint density at radius 2 is 1.49 bits per heavy atom. The average Bonchev–Trinajstić information content (AvgIpc) is 3.17. The number of H-pyrrole nitrogens is 1. The van der Waals surface area contributed by atoms with Gasteiger partial charge in [0.2, 0.25) is 0 Å². The quantitative estimate of drug-likeness (QED) is 0.247. The van der Waals surface area contributed by atoms with Crippen LogP contribution >= 0.6 is 11.6 Å². The van der Waals surface area contributed by atoms with Crippen LogP contribution in [0.1, 0.15) is 62.6 Å². The average molecular weight is 494 g/mol. The minimum absolute atomic E-state index is 0.368. The zero-order valence-electron chi connectivity index (χ0n) is 20.5. The summed E-state index contributed by atoms with van der Waals surface area (Å²) < 4.78 is 0. The lowest BCUT2D eigenvalue weighted by Crippen LogP contribution is -2.10. The van der Waals surface area contributed by atoms with Gasteiger partial charge in [0.25, 0.3) is 0 Å². The summed E-state index contributed by atoms with van der Waals surface area (Å²) >= 11 is 6.01. The number of benzene rings is 3. The maximum atomic E-state index is 11.0. The van der Waals surface area contributed by atoms with E-state index in [-0.39, 0.29) is 5.92 Å². The first-order valence-corrected chi connectivity index (χ1v) is 12.2. The summed E-state index contributed by atoms with van der Waals surface area (Å²) in [4.78, 5) is 25.3. The second-order valence-electron chi connectivity index (χ2n) is 9.32. The minimum Gasteiger partial charge on any atom is -0.481 e. The molecule has 2 unspecified atom stereocenters. The van der Waals surface area contributed by atoms with Gasteiger partial charge in [0, 0.05) is 26.8 Å². The molecule has 184 valence electrons. The normalized spacial score (nSPS) is 12.9. The van der Waals surface area contributed by atoms with Crippen LogP contribution in [0.5, 0.6) is 0 Å². The van der Waals surface area contributed by atoms with Gasteiger partial charge in [-0.1, -0.05) is 68.8 Å². The topological polar surface area (TPSA) is 90.4 Å². The number of hydrogen-bond acceptors (Lipinski definition) is 2. The third kappa shape index (κ3) is 6.43. The highest BCUT2D eigenvalue weighted by Crippen LogP contribution is 2.30. The maximum absolute atomic E-state index is 11.0. The summed E-state index contributed by atoms with van der Waals surface area (Å²) in [5.74, 6) is -1.81. The molecule has 0 saturated heterocycles. The van der Waals surface area contributed by atoms with Crippen LogP contribution in [-0.4, -0.2) is 27.1 Å². The Kier molecular flexibility index (Phi) is 8.57. The van der Waals surface area contributed by atoms with E-state index in [1.807, 2.05) is 67.6 Å². The van der Waals surface area contributed by atoms with Crippen LogP contribution in [0.25, 0.3) is 21.8 Å². The molecule has 3 aromatic carbocycles. The van der Waals surface area contributed by atoms with E-state index in [9.17, 15) is 9.59 Å². The number of aromatic amines is 1. The molecule has 0 aliphatic carbocycles. The van der Waals surface area contributed by atoms with Crippen LogP contribution in [0.3, 0.4) is 0 Å². The van der Waals surface area contributed by atoms with Gasteiger partial charge >= 0.3 is 11.9 Å². The van der Waals surface area contributed by atoms with Crippen molar-refractivity contribution in [2.45, 2.75) is 52.4 Å². The lowest BCUT2D eigenvalue weighted by atomic mass is 9.94. The fourth-order valence-corrected chi connectivity index (χ4v) is 4.39. The van der Waals surface area contributed by atoms with E-state index >= 15 is 0 Å². The van der Waals surface area contributed by atoms with Crippen molar-refractivity contribution in [1.29, 1.82) is 0 Å². The van der Waals surface area contributed by atoms with Crippen molar-refractivity contribution in [3.8, 4) is 0 Å². The van der Waals surface area contributed by atoms with Crippen molar-refractivity contribution in [2.24, 2.45) is 5.92 Å². The summed E-state index contributed by atoms with van der Waals surface area (Å²) in [6, 6.07) is 19.3. The highest BCUT2D eigenvalue weighted by Gasteiger charge is 2.17. The maximum Gasteiger partial charge on any atom is 0.310 e. The third-order valence-electron chi connectivity index (χ3n) is 6.19. The highest BCUT2D eigenvalue weighted by atomic mass is 35.5. The van der Waals surface area contributed by atoms with Gasteiger partial charge in [0.15, 0.2) is 0 Å². The number of rotatable bonds is 7. The predicted molar refractivity (Wildman–Crippen MR) is 143 cm³/mol. The molecular formula is C29H32ClNO4. The van der Waals surface area contributed by atoms with Gasteiger partial charge in [-0.25, -0.2) is 0 Å². The Bertz CT molecular complexity index is 1320. The second kappa shape index (κ2) is 11.4. The number of nitrogens with one attached hydrogen (secondary N) is 1. The first-order chi connectivity index (χ1) is 16.6. The van der Waals surface area contributed by atoms with Crippen LogP contribution in [0, 0.1) is 5.92 Å². The molecule has 0 amide bonds. The van der Waals surface area contributed by atoms with E-state index in [4.69, 9.17) is 21.8 Å². The number of halogens is 1. The fourth-order valence-electron chi connectivity index (χ4n) is 4.22. The lowest BCUT2D eigenvalue weighted by molar-refractivity contribution is -0.139. The van der Waals surface area contributed by atoms with Crippen molar-refractivity contribution in [1.82, 2.24) is 4.98 Å². The Balaban J connectivity index is 0.000000199. The number of carbonyl (C=O) groups is 2. The van der Waals surface area contributed by atoms with Crippen molar-refractivity contribution >= 4 is 45.3 Å². The molecule has 6 heteroatoms. The van der Waals surface area contributed by atoms with Crippen molar-refractivity contribution < 1.29 is 19.8 Å². The molecule has 4 aromatic rings. The molecule has 0 bridgehead atoms. The van der Waals surface area contributed by atoms with Gasteiger partial charge < -0.3 is 15.2 Å². The van der Waals surface area contributed by atoms with Gasteiger partial charge in [0.05, 0.1) is 11.8 Å². The van der Waals surface area contributed by atoms with Crippen molar-refractivity contribution in [2.75, 3.05) is 0 Å². The van der Waals surface area contributed by atoms with Gasteiger partial charge in [0.1, 0.15) is 0 Å². The molecule has 4 rings (SSSR count). The minimum atomic E-state index is -0.821. The van der Waals surface area contributed by atoms with Crippen molar-refractivity contribution in [3.63, 3.8) is 0 Å². The summed E-state index contributed by atoms with van der Waals surface area (Å²) in [5.41, 5.74) is 4.90. The van der Waals surface area contributed by atoms with E-state index in [1.54, 1.807) is 6.92 Å². The Hall–Kier alpha value is -3.31. The van der Waals surface area contributed by atoms with Gasteiger partial charge in [-0.2, -0.15) is 0 Å². The predicted octanol–water partition coefficient (Wildman–Crippen LogP) is 7.63.